The van der Waals surface area contributed by atoms with Gasteiger partial charge in [0.05, 0.1) is 5.69 Å². The summed E-state index contributed by atoms with van der Waals surface area (Å²) >= 11 is 0. The molecule has 0 spiro atoms. The summed E-state index contributed by atoms with van der Waals surface area (Å²) in [5.41, 5.74) is 3.09. The van der Waals surface area contributed by atoms with Crippen molar-refractivity contribution < 1.29 is 0 Å². The lowest BCUT2D eigenvalue weighted by molar-refractivity contribution is 1.19. The lowest BCUT2D eigenvalue weighted by atomic mass is 10.2. The highest BCUT2D eigenvalue weighted by Crippen LogP contribution is 2.02. The molecule has 0 radical (unpaired) electrons. The molecule has 0 aromatic carbocycles. The van der Waals surface area contributed by atoms with Gasteiger partial charge in [0.15, 0.2) is 0 Å². The minimum absolute atomic E-state index is 0.958. The Kier molecular flexibility index (Phi) is 3.81. The Morgan fingerprint density at radius 2 is 1.82 bits per heavy atom. The van der Waals surface area contributed by atoms with Crippen LogP contribution in [0.1, 0.15) is 17.0 Å². The molecule has 2 aromatic heterocycles. The highest BCUT2D eigenvalue weighted by atomic mass is 14.7. The average Bonchev–Trinajstić information content (AvgIpc) is 2.38. The Balaban J connectivity index is 1.98. The summed E-state index contributed by atoms with van der Waals surface area (Å²) in [6.45, 7) is 1.98. The molecule has 0 saturated heterocycles. The van der Waals surface area contributed by atoms with Crippen LogP contribution in [0.25, 0.3) is 12.2 Å². The standard InChI is InChI=1S/C15H14N2/c1-13-9-10-14(12-17-13)6-2-3-7-15-8-4-5-11-16-15/h2-12H,1H3/b6-2+,7-3+. The molecule has 0 N–H and O–H groups in total. The van der Waals surface area contributed by atoms with Crippen molar-refractivity contribution in [3.05, 3.63) is 71.8 Å². The number of aryl methyl sites for hydroxylation is 1. The monoisotopic (exact) mass is 222 g/mol. The quantitative estimate of drug-likeness (QED) is 0.743. The van der Waals surface area contributed by atoms with Crippen LogP contribution in [0.2, 0.25) is 0 Å². The molecule has 17 heavy (non-hydrogen) atoms. The molecule has 2 heteroatoms. The van der Waals surface area contributed by atoms with Crippen LogP contribution in [-0.4, -0.2) is 9.97 Å². The largest absolute Gasteiger partial charge is 0.261 e. The number of hydrogen-bond acceptors (Lipinski definition) is 2. The summed E-state index contributed by atoms with van der Waals surface area (Å²) in [7, 11) is 0. The fourth-order valence-corrected chi connectivity index (χ4v) is 1.37. The lowest BCUT2D eigenvalue weighted by Gasteiger charge is -1.92. The van der Waals surface area contributed by atoms with Crippen molar-refractivity contribution in [2.75, 3.05) is 0 Å². The topological polar surface area (TPSA) is 25.8 Å². The molecule has 0 amide bonds. The smallest absolute Gasteiger partial charge is 0.0629 e. The van der Waals surface area contributed by atoms with Gasteiger partial charge in [-0.1, -0.05) is 30.4 Å². The molecule has 0 fully saturated rings. The van der Waals surface area contributed by atoms with Crippen LogP contribution in [0.5, 0.6) is 0 Å². The summed E-state index contributed by atoms with van der Waals surface area (Å²) in [6.07, 6.45) is 11.6. The van der Waals surface area contributed by atoms with Gasteiger partial charge in [0.25, 0.3) is 0 Å². The van der Waals surface area contributed by atoms with E-state index in [0.717, 1.165) is 17.0 Å². The second-order valence-electron chi connectivity index (χ2n) is 3.71. The number of nitrogens with zero attached hydrogens (tertiary/aromatic N) is 2. The van der Waals surface area contributed by atoms with Gasteiger partial charge in [-0.05, 0) is 36.8 Å². The van der Waals surface area contributed by atoms with Crippen molar-refractivity contribution in [1.82, 2.24) is 9.97 Å². The number of allylic oxidation sites excluding steroid dienone is 2. The van der Waals surface area contributed by atoms with Crippen LogP contribution in [0, 0.1) is 6.92 Å². The molecule has 0 bridgehead atoms. The van der Waals surface area contributed by atoms with Crippen molar-refractivity contribution in [3.63, 3.8) is 0 Å². The van der Waals surface area contributed by atoms with E-state index in [2.05, 4.69) is 9.97 Å². The number of rotatable bonds is 3. The third kappa shape index (κ3) is 3.68. The zero-order valence-electron chi connectivity index (χ0n) is 9.75. The second-order valence-corrected chi connectivity index (χ2v) is 3.71. The van der Waals surface area contributed by atoms with Crippen molar-refractivity contribution in [3.8, 4) is 0 Å². The molecule has 0 aliphatic rings. The third-order valence-electron chi connectivity index (χ3n) is 2.29. The van der Waals surface area contributed by atoms with E-state index in [1.807, 2.05) is 67.8 Å². The predicted octanol–water partition coefficient (Wildman–Crippen LogP) is 3.51. The van der Waals surface area contributed by atoms with E-state index in [-0.39, 0.29) is 0 Å². The normalized spacial score (nSPS) is 11.4. The predicted molar refractivity (Wildman–Crippen MR) is 71.3 cm³/mol. The molecule has 0 aliphatic carbocycles. The first-order valence-electron chi connectivity index (χ1n) is 5.53. The minimum atomic E-state index is 0.958. The van der Waals surface area contributed by atoms with Gasteiger partial charge in [0.1, 0.15) is 0 Å². The fourth-order valence-electron chi connectivity index (χ4n) is 1.37. The van der Waals surface area contributed by atoms with Crippen LogP contribution >= 0.6 is 0 Å². The zero-order chi connectivity index (χ0) is 11.9. The van der Waals surface area contributed by atoms with E-state index in [1.165, 1.54) is 0 Å². The maximum Gasteiger partial charge on any atom is 0.0629 e. The van der Waals surface area contributed by atoms with E-state index in [4.69, 9.17) is 0 Å². The number of pyridine rings is 2. The fraction of sp³-hybridized carbons (Fsp3) is 0.0667. The number of hydrogen-bond donors (Lipinski definition) is 0. The second kappa shape index (κ2) is 5.75. The van der Waals surface area contributed by atoms with Crippen molar-refractivity contribution in [2.45, 2.75) is 6.92 Å². The molecule has 0 atom stereocenters. The molecular formula is C15H14N2. The van der Waals surface area contributed by atoms with Gasteiger partial charge in [-0.3, -0.25) is 9.97 Å². The molecule has 84 valence electrons. The summed E-state index contributed by atoms with van der Waals surface area (Å²) in [6, 6.07) is 9.90. The van der Waals surface area contributed by atoms with Gasteiger partial charge in [-0.15, -0.1) is 0 Å². The van der Waals surface area contributed by atoms with Crippen LogP contribution in [0.4, 0.5) is 0 Å². The molecule has 2 rings (SSSR count). The lowest BCUT2D eigenvalue weighted by Crippen LogP contribution is -1.79. The molecule has 0 saturated carbocycles. The molecule has 0 unspecified atom stereocenters. The van der Waals surface area contributed by atoms with Crippen LogP contribution in [-0.2, 0) is 0 Å². The Labute approximate surface area is 101 Å². The molecule has 2 nitrogen and oxygen atoms in total. The van der Waals surface area contributed by atoms with Crippen LogP contribution in [0.15, 0.2) is 54.9 Å². The highest BCUT2D eigenvalue weighted by molar-refractivity contribution is 5.54. The van der Waals surface area contributed by atoms with Gasteiger partial charge in [-0.2, -0.15) is 0 Å². The van der Waals surface area contributed by atoms with E-state index in [1.54, 1.807) is 6.20 Å². The Morgan fingerprint density at radius 1 is 0.941 bits per heavy atom. The third-order valence-corrected chi connectivity index (χ3v) is 2.29. The zero-order valence-corrected chi connectivity index (χ0v) is 9.75. The van der Waals surface area contributed by atoms with Gasteiger partial charge in [-0.25, -0.2) is 0 Å². The van der Waals surface area contributed by atoms with Crippen LogP contribution < -0.4 is 0 Å². The minimum Gasteiger partial charge on any atom is -0.261 e. The van der Waals surface area contributed by atoms with Crippen LogP contribution in [0.3, 0.4) is 0 Å². The first-order valence-corrected chi connectivity index (χ1v) is 5.53. The molecule has 2 heterocycles. The maximum atomic E-state index is 4.23. The molecule has 0 aliphatic heterocycles. The van der Waals surface area contributed by atoms with Gasteiger partial charge in [0.2, 0.25) is 0 Å². The van der Waals surface area contributed by atoms with Crippen molar-refractivity contribution in [1.29, 1.82) is 0 Å². The van der Waals surface area contributed by atoms with Gasteiger partial charge in [0, 0.05) is 18.1 Å². The summed E-state index contributed by atoms with van der Waals surface area (Å²) < 4.78 is 0. The van der Waals surface area contributed by atoms with E-state index in [9.17, 15) is 0 Å². The van der Waals surface area contributed by atoms with Gasteiger partial charge < -0.3 is 0 Å². The Hall–Kier alpha value is -2.22. The molecular weight excluding hydrogens is 208 g/mol. The first kappa shape index (κ1) is 11.3. The van der Waals surface area contributed by atoms with E-state index >= 15 is 0 Å². The Morgan fingerprint density at radius 3 is 2.53 bits per heavy atom. The summed E-state index contributed by atoms with van der Waals surface area (Å²) in [5, 5.41) is 0. The van der Waals surface area contributed by atoms with E-state index < -0.39 is 0 Å². The average molecular weight is 222 g/mol. The SMILES string of the molecule is Cc1ccc(/C=C/C=C/c2ccccn2)cn1. The van der Waals surface area contributed by atoms with Gasteiger partial charge >= 0.3 is 0 Å². The number of aromatic nitrogens is 2. The summed E-state index contributed by atoms with van der Waals surface area (Å²) in [4.78, 5) is 8.43. The van der Waals surface area contributed by atoms with Crippen molar-refractivity contribution >= 4 is 12.2 Å². The highest BCUT2D eigenvalue weighted by Gasteiger charge is 1.86. The van der Waals surface area contributed by atoms with E-state index in [0.29, 0.717) is 0 Å². The summed E-state index contributed by atoms with van der Waals surface area (Å²) in [5.74, 6) is 0. The van der Waals surface area contributed by atoms with Crippen molar-refractivity contribution in [2.24, 2.45) is 0 Å². The molecule has 2 aromatic rings. The first-order chi connectivity index (χ1) is 8.34. The maximum absolute atomic E-state index is 4.23. The Bertz CT molecular complexity index is 510.